The minimum absolute atomic E-state index is 0.162. The molecule has 0 bridgehead atoms. The van der Waals surface area contributed by atoms with Crippen molar-refractivity contribution < 1.29 is 14.6 Å². The number of aliphatic hydroxyl groups is 1. The number of fused-ring (bicyclic) bond motifs is 1. The maximum atomic E-state index is 11.7. The van der Waals surface area contributed by atoms with Crippen LogP contribution in [0.5, 0.6) is 5.75 Å². The smallest absolute Gasteiger partial charge is 0.227 e. The zero-order valence-corrected chi connectivity index (χ0v) is 14.9. The molecule has 1 saturated heterocycles. The SMILES string of the molecule is O=c1cc(CO)oc(CN2CCN(c3nsc4ccccc34)CC2)c1O. The van der Waals surface area contributed by atoms with Gasteiger partial charge in [-0.15, -0.1) is 0 Å². The van der Waals surface area contributed by atoms with Crippen molar-refractivity contribution in [1.82, 2.24) is 9.27 Å². The number of aliphatic hydroxyl groups excluding tert-OH is 1. The first-order valence-corrected chi connectivity index (χ1v) is 9.20. The number of rotatable bonds is 4. The second kappa shape index (κ2) is 7.06. The van der Waals surface area contributed by atoms with Crippen molar-refractivity contribution in [1.29, 1.82) is 0 Å². The van der Waals surface area contributed by atoms with Crippen LogP contribution in [0.1, 0.15) is 11.5 Å². The quantitative estimate of drug-likeness (QED) is 0.720. The molecule has 0 amide bonds. The Bertz CT molecular complexity index is 976. The summed E-state index contributed by atoms with van der Waals surface area (Å²) in [4.78, 5) is 16.1. The largest absolute Gasteiger partial charge is 0.502 e. The van der Waals surface area contributed by atoms with Gasteiger partial charge in [-0.1, -0.05) is 12.1 Å². The Morgan fingerprint density at radius 3 is 2.73 bits per heavy atom. The van der Waals surface area contributed by atoms with Crippen molar-refractivity contribution in [3.63, 3.8) is 0 Å². The lowest BCUT2D eigenvalue weighted by Crippen LogP contribution is -2.46. The summed E-state index contributed by atoms with van der Waals surface area (Å²) in [6.07, 6.45) is 0. The van der Waals surface area contributed by atoms with Crippen LogP contribution in [0.2, 0.25) is 0 Å². The first-order valence-electron chi connectivity index (χ1n) is 8.43. The summed E-state index contributed by atoms with van der Waals surface area (Å²) in [5, 5.41) is 20.3. The number of anilines is 1. The molecule has 3 aromatic rings. The Kier molecular flexibility index (Phi) is 4.62. The van der Waals surface area contributed by atoms with Crippen molar-refractivity contribution in [2.75, 3.05) is 31.1 Å². The molecule has 2 N–H and O–H groups in total. The van der Waals surface area contributed by atoms with E-state index in [1.54, 1.807) is 0 Å². The topological polar surface area (TPSA) is 90.0 Å². The monoisotopic (exact) mass is 373 g/mol. The lowest BCUT2D eigenvalue weighted by molar-refractivity contribution is 0.200. The predicted octanol–water partition coefficient (Wildman–Crippen LogP) is 1.77. The van der Waals surface area contributed by atoms with E-state index in [2.05, 4.69) is 26.3 Å². The molecule has 0 aliphatic carbocycles. The fourth-order valence-corrected chi connectivity index (χ4v) is 3.99. The summed E-state index contributed by atoms with van der Waals surface area (Å²) in [7, 11) is 0. The molecule has 0 saturated carbocycles. The van der Waals surface area contributed by atoms with Gasteiger partial charge in [0.15, 0.2) is 5.76 Å². The average Bonchev–Trinajstić information content (AvgIpc) is 3.10. The Morgan fingerprint density at radius 1 is 1.19 bits per heavy atom. The van der Waals surface area contributed by atoms with Crippen LogP contribution in [-0.4, -0.2) is 45.7 Å². The first-order chi connectivity index (χ1) is 12.7. The molecule has 136 valence electrons. The highest BCUT2D eigenvalue weighted by Crippen LogP contribution is 2.30. The van der Waals surface area contributed by atoms with Gasteiger partial charge in [0.1, 0.15) is 18.2 Å². The molecule has 8 heteroatoms. The van der Waals surface area contributed by atoms with Gasteiger partial charge >= 0.3 is 0 Å². The van der Waals surface area contributed by atoms with E-state index in [4.69, 9.17) is 9.52 Å². The molecule has 1 aliphatic heterocycles. The van der Waals surface area contributed by atoms with Crippen molar-refractivity contribution >= 4 is 27.4 Å². The van der Waals surface area contributed by atoms with Crippen LogP contribution in [-0.2, 0) is 13.2 Å². The summed E-state index contributed by atoms with van der Waals surface area (Å²) in [6, 6.07) is 9.32. The van der Waals surface area contributed by atoms with Gasteiger partial charge in [-0.2, -0.15) is 4.37 Å². The van der Waals surface area contributed by atoms with E-state index in [1.807, 2.05) is 12.1 Å². The number of nitrogens with zero attached hydrogens (tertiary/aromatic N) is 3. The van der Waals surface area contributed by atoms with E-state index in [9.17, 15) is 9.90 Å². The zero-order valence-electron chi connectivity index (χ0n) is 14.1. The summed E-state index contributed by atoms with van der Waals surface area (Å²) in [6.45, 7) is 3.10. The van der Waals surface area contributed by atoms with Crippen molar-refractivity contribution in [3.05, 3.63) is 52.1 Å². The summed E-state index contributed by atoms with van der Waals surface area (Å²) in [5.41, 5.74) is -0.525. The van der Waals surface area contributed by atoms with Gasteiger partial charge in [0.2, 0.25) is 11.2 Å². The first kappa shape index (κ1) is 17.0. The van der Waals surface area contributed by atoms with Crippen LogP contribution in [0.25, 0.3) is 10.1 Å². The molecular weight excluding hydrogens is 354 g/mol. The molecule has 2 aromatic heterocycles. The van der Waals surface area contributed by atoms with E-state index in [-0.39, 0.29) is 23.9 Å². The third-order valence-electron chi connectivity index (χ3n) is 4.60. The number of hydrogen-bond donors (Lipinski definition) is 2. The number of benzene rings is 1. The van der Waals surface area contributed by atoms with Crippen LogP contribution in [0.15, 0.2) is 39.5 Å². The van der Waals surface area contributed by atoms with Gasteiger partial charge in [-0.3, -0.25) is 9.69 Å². The Morgan fingerprint density at radius 2 is 1.96 bits per heavy atom. The predicted molar refractivity (Wildman–Crippen MR) is 99.7 cm³/mol. The lowest BCUT2D eigenvalue weighted by atomic mass is 10.2. The minimum Gasteiger partial charge on any atom is -0.502 e. The fraction of sp³-hybridized carbons (Fsp3) is 0.333. The van der Waals surface area contributed by atoms with Crippen LogP contribution in [0.4, 0.5) is 5.82 Å². The van der Waals surface area contributed by atoms with Gasteiger partial charge in [0, 0.05) is 37.6 Å². The van der Waals surface area contributed by atoms with Gasteiger partial charge in [-0.25, -0.2) is 0 Å². The molecule has 0 radical (unpaired) electrons. The van der Waals surface area contributed by atoms with E-state index < -0.39 is 5.43 Å². The molecule has 0 spiro atoms. The fourth-order valence-electron chi connectivity index (χ4n) is 3.19. The molecule has 1 fully saturated rings. The van der Waals surface area contributed by atoms with Crippen molar-refractivity contribution in [3.8, 4) is 5.75 Å². The molecule has 1 aliphatic rings. The molecular formula is C18H19N3O4S. The molecule has 7 nitrogen and oxygen atoms in total. The van der Waals surface area contributed by atoms with Gasteiger partial charge < -0.3 is 19.5 Å². The normalized spacial score (nSPS) is 15.7. The lowest BCUT2D eigenvalue weighted by Gasteiger charge is -2.34. The Hall–Kier alpha value is -2.42. The maximum absolute atomic E-state index is 11.7. The number of hydrogen-bond acceptors (Lipinski definition) is 8. The third-order valence-corrected chi connectivity index (χ3v) is 5.41. The third kappa shape index (κ3) is 3.18. The maximum Gasteiger partial charge on any atom is 0.227 e. The van der Waals surface area contributed by atoms with E-state index in [0.29, 0.717) is 6.54 Å². The van der Waals surface area contributed by atoms with Crippen LogP contribution >= 0.6 is 11.5 Å². The van der Waals surface area contributed by atoms with Gasteiger partial charge in [0.25, 0.3) is 0 Å². The second-order valence-electron chi connectivity index (χ2n) is 6.27. The minimum atomic E-state index is -0.525. The second-order valence-corrected chi connectivity index (χ2v) is 7.08. The molecule has 1 aromatic carbocycles. The molecule has 26 heavy (non-hydrogen) atoms. The highest BCUT2D eigenvalue weighted by Gasteiger charge is 2.23. The van der Waals surface area contributed by atoms with E-state index >= 15 is 0 Å². The molecule has 0 unspecified atom stereocenters. The number of piperazine rings is 1. The molecule has 4 rings (SSSR count). The standard InChI is InChI=1S/C18H19N3O4S/c22-11-12-9-14(23)17(24)15(25-12)10-20-5-7-21(8-6-20)18-13-3-1-2-4-16(13)26-19-18/h1-4,9,22,24H,5-8,10-11H2. The number of aromatic hydroxyl groups is 1. The van der Waals surface area contributed by atoms with Crippen molar-refractivity contribution in [2.45, 2.75) is 13.2 Å². The molecule has 3 heterocycles. The van der Waals surface area contributed by atoms with E-state index in [0.717, 1.165) is 38.1 Å². The Balaban J connectivity index is 1.46. The van der Waals surface area contributed by atoms with Crippen LogP contribution < -0.4 is 10.3 Å². The van der Waals surface area contributed by atoms with E-state index in [1.165, 1.54) is 21.6 Å². The van der Waals surface area contributed by atoms with Gasteiger partial charge in [0.05, 0.1) is 11.2 Å². The summed E-state index contributed by atoms with van der Waals surface area (Å²) in [5.74, 6) is 1.00. The summed E-state index contributed by atoms with van der Waals surface area (Å²) >= 11 is 1.51. The van der Waals surface area contributed by atoms with Crippen LogP contribution in [0.3, 0.4) is 0 Å². The van der Waals surface area contributed by atoms with Crippen molar-refractivity contribution in [2.24, 2.45) is 0 Å². The van der Waals surface area contributed by atoms with Gasteiger partial charge in [-0.05, 0) is 23.7 Å². The summed E-state index contributed by atoms with van der Waals surface area (Å²) < 4.78 is 11.2. The van der Waals surface area contributed by atoms with Crippen LogP contribution in [0, 0.1) is 0 Å². The highest BCUT2D eigenvalue weighted by atomic mass is 32.1. The Labute approximate surface area is 153 Å². The highest BCUT2D eigenvalue weighted by molar-refractivity contribution is 7.13. The zero-order chi connectivity index (χ0) is 18.1. The number of aromatic nitrogens is 1. The molecule has 0 atom stereocenters. The average molecular weight is 373 g/mol.